The van der Waals surface area contributed by atoms with Gasteiger partial charge in [-0.25, -0.2) is 0 Å². The summed E-state index contributed by atoms with van der Waals surface area (Å²) < 4.78 is 5.26. The summed E-state index contributed by atoms with van der Waals surface area (Å²) in [6, 6.07) is 9.64. The van der Waals surface area contributed by atoms with Crippen molar-refractivity contribution >= 4 is 11.8 Å². The summed E-state index contributed by atoms with van der Waals surface area (Å²) in [5.41, 5.74) is 1.76. The number of hydrogen-bond acceptors (Lipinski definition) is 5. The molecule has 1 saturated heterocycles. The van der Waals surface area contributed by atoms with Crippen LogP contribution in [0, 0.1) is 30.6 Å². The summed E-state index contributed by atoms with van der Waals surface area (Å²) in [6.45, 7) is 7.84. The summed E-state index contributed by atoms with van der Waals surface area (Å²) in [7, 11) is 0. The molecule has 1 atom stereocenters. The first kappa shape index (κ1) is 19.6. The van der Waals surface area contributed by atoms with Crippen LogP contribution in [0.2, 0.25) is 0 Å². The maximum Gasteiger partial charge on any atom is 0.257 e. The fourth-order valence-corrected chi connectivity index (χ4v) is 3.17. The Bertz CT molecular complexity index is 938. The highest BCUT2D eigenvalue weighted by Crippen LogP contribution is 2.27. The molecule has 0 saturated carbocycles. The van der Waals surface area contributed by atoms with E-state index >= 15 is 0 Å². The fourth-order valence-electron chi connectivity index (χ4n) is 3.17. The van der Waals surface area contributed by atoms with Gasteiger partial charge in [-0.1, -0.05) is 35.0 Å². The van der Waals surface area contributed by atoms with Crippen molar-refractivity contribution in [1.29, 1.82) is 5.26 Å². The number of carbonyl (C=O) groups excluding carboxylic acids is 2. The molecule has 3 rings (SSSR count). The quantitative estimate of drug-likeness (QED) is 0.860. The molecule has 0 spiro atoms. The van der Waals surface area contributed by atoms with Crippen molar-refractivity contribution in [1.82, 2.24) is 15.4 Å². The van der Waals surface area contributed by atoms with E-state index < -0.39 is 5.41 Å². The van der Waals surface area contributed by atoms with Crippen LogP contribution < -0.4 is 5.32 Å². The Morgan fingerprint density at radius 3 is 2.57 bits per heavy atom. The van der Waals surface area contributed by atoms with Crippen molar-refractivity contribution in [2.75, 3.05) is 13.1 Å². The molecule has 2 heterocycles. The van der Waals surface area contributed by atoms with Gasteiger partial charge in [0.1, 0.15) is 22.4 Å². The molecule has 1 aliphatic heterocycles. The average Bonchev–Trinajstić information content (AvgIpc) is 3.03. The minimum absolute atomic E-state index is 0.105. The van der Waals surface area contributed by atoms with Crippen molar-refractivity contribution in [3.8, 4) is 17.3 Å². The molecule has 2 amide bonds. The minimum atomic E-state index is -1.06. The Morgan fingerprint density at radius 2 is 2.00 bits per heavy atom. The number of aromatic nitrogens is 1. The number of nitrogens with one attached hydrogen (secondary N) is 1. The number of carbonyl (C=O) groups is 2. The molecular weight excluding hydrogens is 356 g/mol. The van der Waals surface area contributed by atoms with Gasteiger partial charge in [-0.2, -0.15) is 5.26 Å². The zero-order chi connectivity index (χ0) is 20.5. The monoisotopic (exact) mass is 380 g/mol. The molecule has 0 radical (unpaired) electrons. The topological polar surface area (TPSA) is 99.2 Å². The number of rotatable bonds is 5. The maximum atomic E-state index is 12.8. The number of aryl methyl sites for hydroxylation is 2. The SMILES string of the molecule is Cc1ccc(-c2noc(C)c2C(=O)NCC2CCN2C(=O)C(C)(C)C#N)cc1. The molecule has 0 aliphatic carbocycles. The van der Waals surface area contributed by atoms with E-state index in [0.717, 1.165) is 17.5 Å². The van der Waals surface area contributed by atoms with Crippen molar-refractivity contribution in [2.24, 2.45) is 5.41 Å². The Labute approximate surface area is 164 Å². The van der Waals surface area contributed by atoms with E-state index in [2.05, 4.69) is 10.5 Å². The van der Waals surface area contributed by atoms with Crippen LogP contribution in [0.3, 0.4) is 0 Å². The Kier molecular flexibility index (Phi) is 5.23. The molecule has 7 nitrogen and oxygen atoms in total. The molecule has 1 unspecified atom stereocenters. The van der Waals surface area contributed by atoms with E-state index in [9.17, 15) is 9.59 Å². The van der Waals surface area contributed by atoms with Crippen LogP contribution in [0.5, 0.6) is 0 Å². The molecule has 1 aromatic carbocycles. The van der Waals surface area contributed by atoms with Gasteiger partial charge in [-0.15, -0.1) is 0 Å². The fraction of sp³-hybridized carbons (Fsp3) is 0.429. The van der Waals surface area contributed by atoms with Crippen LogP contribution in [0.1, 0.15) is 41.9 Å². The number of hydrogen-bond donors (Lipinski definition) is 1. The molecule has 146 valence electrons. The van der Waals surface area contributed by atoms with Gasteiger partial charge in [-0.05, 0) is 34.1 Å². The Morgan fingerprint density at radius 1 is 1.32 bits per heavy atom. The third-order valence-electron chi connectivity index (χ3n) is 5.13. The predicted molar refractivity (Wildman–Crippen MR) is 103 cm³/mol. The first-order valence-electron chi connectivity index (χ1n) is 9.28. The molecule has 1 aromatic heterocycles. The van der Waals surface area contributed by atoms with Gasteiger partial charge in [0.05, 0.1) is 12.1 Å². The van der Waals surface area contributed by atoms with Crippen molar-refractivity contribution in [3.63, 3.8) is 0 Å². The summed E-state index contributed by atoms with van der Waals surface area (Å²) in [5.74, 6) is -0.0459. The predicted octanol–water partition coefficient (Wildman–Crippen LogP) is 2.84. The van der Waals surface area contributed by atoms with Gasteiger partial charge in [0.25, 0.3) is 5.91 Å². The molecule has 2 aromatic rings. The molecule has 1 N–H and O–H groups in total. The van der Waals surface area contributed by atoms with E-state index in [-0.39, 0.29) is 17.9 Å². The second-order valence-electron chi connectivity index (χ2n) is 7.72. The van der Waals surface area contributed by atoms with Crippen LogP contribution in [0.15, 0.2) is 28.8 Å². The highest BCUT2D eigenvalue weighted by Gasteiger charge is 2.40. The third kappa shape index (κ3) is 3.63. The summed E-state index contributed by atoms with van der Waals surface area (Å²) in [6.07, 6.45) is 0.793. The maximum absolute atomic E-state index is 12.8. The van der Waals surface area contributed by atoms with Crippen molar-refractivity contribution in [3.05, 3.63) is 41.2 Å². The lowest BCUT2D eigenvalue weighted by Crippen LogP contribution is -2.58. The van der Waals surface area contributed by atoms with Gasteiger partial charge in [0, 0.05) is 18.7 Å². The average molecular weight is 380 g/mol. The molecule has 0 bridgehead atoms. The standard InChI is InChI=1S/C21H24N4O3/c1-13-5-7-15(8-6-13)18-17(14(2)28-24-18)19(26)23-11-16-9-10-25(16)20(27)21(3,4)12-22/h5-8,16H,9-11H2,1-4H3,(H,23,26). The highest BCUT2D eigenvalue weighted by atomic mass is 16.5. The van der Waals surface area contributed by atoms with Gasteiger partial charge < -0.3 is 14.7 Å². The summed E-state index contributed by atoms with van der Waals surface area (Å²) in [4.78, 5) is 26.9. The van der Waals surface area contributed by atoms with E-state index in [4.69, 9.17) is 9.78 Å². The first-order valence-corrected chi connectivity index (χ1v) is 9.28. The van der Waals surface area contributed by atoms with Crippen LogP contribution in [-0.2, 0) is 4.79 Å². The van der Waals surface area contributed by atoms with Gasteiger partial charge in [-0.3, -0.25) is 9.59 Å². The first-order chi connectivity index (χ1) is 13.2. The zero-order valence-corrected chi connectivity index (χ0v) is 16.6. The second kappa shape index (κ2) is 7.47. The molecular formula is C21H24N4O3. The van der Waals surface area contributed by atoms with Gasteiger partial charge >= 0.3 is 0 Å². The van der Waals surface area contributed by atoms with Crippen LogP contribution in [-0.4, -0.2) is 41.0 Å². The van der Waals surface area contributed by atoms with Gasteiger partial charge in [0.15, 0.2) is 0 Å². The Hall–Kier alpha value is -3.14. The largest absolute Gasteiger partial charge is 0.360 e. The van der Waals surface area contributed by atoms with Gasteiger partial charge in [0.2, 0.25) is 5.91 Å². The molecule has 7 heteroatoms. The Balaban J connectivity index is 1.70. The lowest BCUT2D eigenvalue weighted by molar-refractivity contribution is -0.145. The minimum Gasteiger partial charge on any atom is -0.360 e. The third-order valence-corrected chi connectivity index (χ3v) is 5.13. The zero-order valence-electron chi connectivity index (χ0n) is 16.6. The summed E-state index contributed by atoms with van der Waals surface area (Å²) >= 11 is 0. The van der Waals surface area contributed by atoms with E-state index in [0.29, 0.717) is 30.1 Å². The molecule has 1 fully saturated rings. The smallest absolute Gasteiger partial charge is 0.257 e. The summed E-state index contributed by atoms with van der Waals surface area (Å²) in [5, 5.41) is 16.1. The second-order valence-corrected chi connectivity index (χ2v) is 7.72. The van der Waals surface area contributed by atoms with Crippen LogP contribution in [0.4, 0.5) is 0 Å². The molecule has 1 aliphatic rings. The number of likely N-dealkylation sites (tertiary alicyclic amines) is 1. The van der Waals surface area contributed by atoms with Crippen LogP contribution >= 0.6 is 0 Å². The van der Waals surface area contributed by atoms with Crippen molar-refractivity contribution < 1.29 is 14.1 Å². The lowest BCUT2D eigenvalue weighted by Gasteiger charge is -2.43. The van der Waals surface area contributed by atoms with Crippen LogP contribution in [0.25, 0.3) is 11.3 Å². The van der Waals surface area contributed by atoms with E-state index in [1.54, 1.807) is 25.7 Å². The van der Waals surface area contributed by atoms with E-state index in [1.165, 1.54) is 0 Å². The van der Waals surface area contributed by atoms with Crippen molar-refractivity contribution in [2.45, 2.75) is 40.2 Å². The van der Waals surface area contributed by atoms with E-state index in [1.807, 2.05) is 37.3 Å². The lowest BCUT2D eigenvalue weighted by atomic mass is 9.90. The number of nitrogens with zero attached hydrogens (tertiary/aromatic N) is 3. The normalized spacial score (nSPS) is 16.2. The number of amides is 2. The molecule has 28 heavy (non-hydrogen) atoms. The number of nitriles is 1. The number of benzene rings is 1. The highest BCUT2D eigenvalue weighted by molar-refractivity contribution is 6.00.